The molecule has 0 N–H and O–H groups in total. The molecule has 0 aliphatic heterocycles. The lowest BCUT2D eigenvalue weighted by molar-refractivity contribution is -0.00259. The number of methoxy groups -OCH3 is 1. The summed E-state index contributed by atoms with van der Waals surface area (Å²) < 4.78 is 5.54. The monoisotopic (exact) mass is 260 g/mol. The van der Waals surface area contributed by atoms with Gasteiger partial charge >= 0.3 is 0 Å². The Bertz CT molecular complexity index is 341. The van der Waals surface area contributed by atoms with Crippen LogP contribution in [0.1, 0.15) is 38.7 Å². The van der Waals surface area contributed by atoms with Crippen LogP contribution in [-0.4, -0.2) is 12.7 Å². The average molecular weight is 261 g/mol. The zero-order valence-electron chi connectivity index (χ0n) is 10.2. The highest BCUT2D eigenvalue weighted by Gasteiger charge is 2.29. The molecule has 1 atom stereocenters. The highest BCUT2D eigenvalue weighted by Crippen LogP contribution is 2.35. The molecule has 0 unspecified atom stereocenters. The second kappa shape index (κ2) is 5.39. The minimum absolute atomic E-state index is 0.219. The summed E-state index contributed by atoms with van der Waals surface area (Å²) in [5, 5.41) is 1.35. The van der Waals surface area contributed by atoms with E-state index in [1.807, 2.05) is 12.1 Å². The van der Waals surface area contributed by atoms with Crippen LogP contribution in [0.4, 0.5) is 0 Å². The Labute approximate surface area is 108 Å². The van der Waals surface area contributed by atoms with Gasteiger partial charge in [-0.3, -0.25) is 0 Å². The molecule has 16 heavy (non-hydrogen) atoms. The minimum atomic E-state index is -0.219. The van der Waals surface area contributed by atoms with Crippen LogP contribution in [0.25, 0.3) is 0 Å². The Hall–Kier alpha value is -0.240. The third kappa shape index (κ3) is 3.13. The van der Waals surface area contributed by atoms with Crippen LogP contribution in [0.3, 0.4) is 0 Å². The molecular weight excluding hydrogens is 243 g/mol. The summed E-state index contributed by atoms with van der Waals surface area (Å²) >= 11 is 12.0. The normalized spacial score (nSPS) is 13.9. The molecule has 0 spiro atoms. The van der Waals surface area contributed by atoms with Crippen LogP contribution in [-0.2, 0) is 4.74 Å². The van der Waals surface area contributed by atoms with Gasteiger partial charge in [0.15, 0.2) is 0 Å². The Morgan fingerprint density at radius 2 is 1.69 bits per heavy atom. The molecule has 1 nitrogen and oxygen atoms in total. The van der Waals surface area contributed by atoms with E-state index in [1.165, 1.54) is 0 Å². The maximum absolute atomic E-state index is 6.02. The molecule has 0 bridgehead atoms. The van der Waals surface area contributed by atoms with Crippen molar-refractivity contribution in [3.63, 3.8) is 0 Å². The van der Waals surface area contributed by atoms with Crippen LogP contribution in [0.15, 0.2) is 18.2 Å². The first-order chi connectivity index (χ1) is 7.40. The van der Waals surface area contributed by atoms with Crippen molar-refractivity contribution in [1.29, 1.82) is 0 Å². The van der Waals surface area contributed by atoms with Crippen LogP contribution in [0.5, 0.6) is 0 Å². The number of ether oxygens (including phenoxy) is 1. The lowest BCUT2D eigenvalue weighted by Crippen LogP contribution is -2.31. The fraction of sp³-hybridized carbons (Fsp3) is 0.538. The van der Waals surface area contributed by atoms with Crippen molar-refractivity contribution in [3.05, 3.63) is 33.8 Å². The van der Waals surface area contributed by atoms with Crippen molar-refractivity contribution >= 4 is 23.2 Å². The zero-order chi connectivity index (χ0) is 12.3. The molecule has 0 heterocycles. The molecule has 1 aromatic rings. The van der Waals surface area contributed by atoms with Gasteiger partial charge in [0.1, 0.15) is 0 Å². The van der Waals surface area contributed by atoms with E-state index in [0.717, 1.165) is 12.0 Å². The van der Waals surface area contributed by atoms with Crippen LogP contribution >= 0.6 is 23.2 Å². The van der Waals surface area contributed by atoms with Crippen molar-refractivity contribution in [2.45, 2.75) is 38.7 Å². The smallest absolute Gasteiger partial charge is 0.0690 e. The molecule has 0 radical (unpaired) electrons. The molecule has 0 aliphatic rings. The molecule has 0 amide bonds. The Morgan fingerprint density at radius 3 is 2.06 bits per heavy atom. The number of hydrogen-bond donors (Lipinski definition) is 0. The van der Waals surface area contributed by atoms with Crippen LogP contribution < -0.4 is 0 Å². The van der Waals surface area contributed by atoms with Gasteiger partial charge in [-0.1, -0.05) is 30.1 Å². The SMILES string of the molecule is CC[C@H](c1cc(Cl)cc(Cl)c1)C(C)(C)OC. The number of hydrogen-bond acceptors (Lipinski definition) is 1. The quantitative estimate of drug-likeness (QED) is 0.748. The van der Waals surface area contributed by atoms with E-state index in [1.54, 1.807) is 13.2 Å². The lowest BCUT2D eigenvalue weighted by Gasteiger charge is -2.33. The minimum Gasteiger partial charge on any atom is -0.378 e. The van der Waals surface area contributed by atoms with E-state index in [-0.39, 0.29) is 11.5 Å². The van der Waals surface area contributed by atoms with Crippen LogP contribution in [0, 0.1) is 0 Å². The average Bonchev–Trinajstić information content (AvgIpc) is 2.16. The van der Waals surface area contributed by atoms with Crippen LogP contribution in [0.2, 0.25) is 10.0 Å². The standard InChI is InChI=1S/C13H18Cl2O/c1-5-12(13(2,3)16-4)9-6-10(14)8-11(15)7-9/h6-8,12H,5H2,1-4H3/t12-/m1/s1. The number of benzene rings is 1. The fourth-order valence-corrected chi connectivity index (χ4v) is 2.59. The molecule has 0 saturated heterocycles. The predicted octanol–water partition coefficient (Wildman–Crippen LogP) is 4.91. The highest BCUT2D eigenvalue weighted by molar-refractivity contribution is 6.34. The topological polar surface area (TPSA) is 9.23 Å². The summed E-state index contributed by atoms with van der Waals surface area (Å²) in [5.41, 5.74) is 0.912. The van der Waals surface area contributed by atoms with E-state index in [4.69, 9.17) is 27.9 Å². The third-order valence-corrected chi connectivity index (χ3v) is 3.50. The van der Waals surface area contributed by atoms with Gasteiger partial charge in [0, 0.05) is 23.1 Å². The van der Waals surface area contributed by atoms with Crippen molar-refractivity contribution in [3.8, 4) is 0 Å². The van der Waals surface area contributed by atoms with Gasteiger partial charge in [0.2, 0.25) is 0 Å². The Morgan fingerprint density at radius 1 is 1.19 bits per heavy atom. The molecule has 0 aliphatic carbocycles. The zero-order valence-corrected chi connectivity index (χ0v) is 11.7. The van der Waals surface area contributed by atoms with Gasteiger partial charge in [-0.15, -0.1) is 0 Å². The summed E-state index contributed by atoms with van der Waals surface area (Å²) in [6.07, 6.45) is 0.984. The van der Waals surface area contributed by atoms with Gasteiger partial charge in [0.25, 0.3) is 0 Å². The van der Waals surface area contributed by atoms with Crippen molar-refractivity contribution in [2.75, 3.05) is 7.11 Å². The summed E-state index contributed by atoms with van der Waals surface area (Å²) in [5.74, 6) is 0.286. The van der Waals surface area contributed by atoms with E-state index < -0.39 is 0 Å². The van der Waals surface area contributed by atoms with Gasteiger partial charge in [-0.05, 0) is 44.0 Å². The lowest BCUT2D eigenvalue weighted by atomic mass is 9.82. The van der Waals surface area contributed by atoms with Crippen molar-refractivity contribution in [1.82, 2.24) is 0 Å². The van der Waals surface area contributed by atoms with E-state index in [9.17, 15) is 0 Å². The summed E-state index contributed by atoms with van der Waals surface area (Å²) in [7, 11) is 1.73. The molecular formula is C13H18Cl2O. The summed E-state index contributed by atoms with van der Waals surface area (Å²) in [4.78, 5) is 0. The maximum Gasteiger partial charge on any atom is 0.0690 e. The number of halogens is 2. The van der Waals surface area contributed by atoms with E-state index in [0.29, 0.717) is 10.0 Å². The molecule has 3 heteroatoms. The molecule has 0 aromatic heterocycles. The van der Waals surface area contributed by atoms with E-state index >= 15 is 0 Å². The first kappa shape index (κ1) is 13.8. The molecule has 0 fully saturated rings. The molecule has 0 saturated carbocycles. The van der Waals surface area contributed by atoms with Crippen molar-refractivity contribution in [2.24, 2.45) is 0 Å². The molecule has 90 valence electrons. The van der Waals surface area contributed by atoms with Gasteiger partial charge in [-0.25, -0.2) is 0 Å². The highest BCUT2D eigenvalue weighted by atomic mass is 35.5. The Kier molecular flexibility index (Phi) is 4.66. The second-order valence-corrected chi connectivity index (χ2v) is 5.34. The van der Waals surface area contributed by atoms with E-state index in [2.05, 4.69) is 20.8 Å². The Balaban J connectivity index is 3.13. The van der Waals surface area contributed by atoms with Gasteiger partial charge < -0.3 is 4.74 Å². The first-order valence-corrected chi connectivity index (χ1v) is 6.17. The van der Waals surface area contributed by atoms with Crippen molar-refractivity contribution < 1.29 is 4.74 Å². The summed E-state index contributed by atoms with van der Waals surface area (Å²) in [6, 6.07) is 5.67. The third-order valence-electron chi connectivity index (χ3n) is 3.06. The second-order valence-electron chi connectivity index (χ2n) is 4.47. The largest absolute Gasteiger partial charge is 0.378 e. The fourth-order valence-electron chi connectivity index (χ4n) is 2.05. The van der Waals surface area contributed by atoms with Gasteiger partial charge in [-0.2, -0.15) is 0 Å². The molecule has 1 rings (SSSR count). The maximum atomic E-state index is 6.02. The summed E-state index contributed by atoms with van der Waals surface area (Å²) in [6.45, 7) is 6.30. The molecule has 1 aromatic carbocycles. The predicted molar refractivity (Wildman–Crippen MR) is 70.6 cm³/mol. The number of rotatable bonds is 4. The van der Waals surface area contributed by atoms with Gasteiger partial charge in [0.05, 0.1) is 5.60 Å². The first-order valence-electron chi connectivity index (χ1n) is 5.42.